The van der Waals surface area contributed by atoms with Gasteiger partial charge in [-0.2, -0.15) is 9.78 Å². The zero-order valence-corrected chi connectivity index (χ0v) is 15.9. The molecule has 8 nitrogen and oxygen atoms in total. The number of tetrazole rings is 1. The lowest BCUT2D eigenvalue weighted by atomic mass is 9.92. The van der Waals surface area contributed by atoms with Crippen molar-refractivity contribution in [2.24, 2.45) is 0 Å². The number of nitrogens with zero attached hydrogens (tertiary/aromatic N) is 5. The maximum absolute atomic E-state index is 14.8. The van der Waals surface area contributed by atoms with Crippen LogP contribution in [0.3, 0.4) is 0 Å². The molecule has 0 saturated carbocycles. The van der Waals surface area contributed by atoms with Crippen molar-refractivity contribution in [2.45, 2.75) is 6.04 Å². The Kier molecular flexibility index (Phi) is 4.07. The van der Waals surface area contributed by atoms with Gasteiger partial charge in [0.25, 0.3) is 5.56 Å². The van der Waals surface area contributed by atoms with Crippen LogP contribution in [0.25, 0.3) is 11.3 Å². The fraction of sp³-hybridized carbons (Fsp3) is 0.0556. The number of nitrogens with one attached hydrogen (secondary N) is 2. The maximum atomic E-state index is 14.8. The molecule has 29 heavy (non-hydrogen) atoms. The highest BCUT2D eigenvalue weighted by Crippen LogP contribution is 2.43. The number of rotatable bonds is 2. The number of benzene rings is 2. The van der Waals surface area contributed by atoms with Gasteiger partial charge in [-0.3, -0.25) is 4.79 Å². The van der Waals surface area contributed by atoms with Crippen molar-refractivity contribution in [3.63, 3.8) is 0 Å². The van der Waals surface area contributed by atoms with Gasteiger partial charge in [0, 0.05) is 21.7 Å². The number of anilines is 2. The van der Waals surface area contributed by atoms with Crippen LogP contribution in [0, 0.1) is 5.82 Å². The van der Waals surface area contributed by atoms with E-state index in [1.807, 2.05) is 0 Å². The summed E-state index contributed by atoms with van der Waals surface area (Å²) in [5, 5.41) is 21.9. The Morgan fingerprint density at radius 3 is 2.76 bits per heavy atom. The van der Waals surface area contributed by atoms with Crippen molar-refractivity contribution in [3.05, 3.63) is 79.8 Å². The van der Waals surface area contributed by atoms with Crippen molar-refractivity contribution >= 4 is 34.8 Å². The summed E-state index contributed by atoms with van der Waals surface area (Å²) in [5.74, 6) is -0.268. The Bertz CT molecular complexity index is 1320. The molecule has 3 heterocycles. The molecule has 1 aliphatic rings. The molecule has 2 aromatic heterocycles. The molecule has 1 atom stereocenters. The minimum atomic E-state index is -0.839. The second kappa shape index (κ2) is 6.64. The average molecular weight is 430 g/mol. The van der Waals surface area contributed by atoms with E-state index in [1.54, 1.807) is 36.4 Å². The van der Waals surface area contributed by atoms with E-state index in [0.29, 0.717) is 26.9 Å². The molecule has 1 aliphatic heterocycles. The lowest BCUT2D eigenvalue weighted by Crippen LogP contribution is -2.29. The highest BCUT2D eigenvalue weighted by Gasteiger charge is 2.36. The van der Waals surface area contributed by atoms with E-state index in [0.717, 1.165) is 0 Å². The summed E-state index contributed by atoms with van der Waals surface area (Å²) in [4.78, 5) is 12.6. The number of fused-ring (bicyclic) bond motifs is 2. The maximum Gasteiger partial charge on any atom is 0.288 e. The van der Waals surface area contributed by atoms with Gasteiger partial charge in [0.1, 0.15) is 23.2 Å². The average Bonchev–Trinajstić information content (AvgIpc) is 3.17. The van der Waals surface area contributed by atoms with E-state index in [-0.39, 0.29) is 17.2 Å². The van der Waals surface area contributed by atoms with Crippen molar-refractivity contribution in [1.29, 1.82) is 0 Å². The van der Waals surface area contributed by atoms with Crippen LogP contribution in [0.4, 0.5) is 16.0 Å². The van der Waals surface area contributed by atoms with Gasteiger partial charge in [-0.15, -0.1) is 0 Å². The number of halogens is 3. The second-order valence-electron chi connectivity index (χ2n) is 6.31. The lowest BCUT2D eigenvalue weighted by Gasteiger charge is -2.28. The van der Waals surface area contributed by atoms with Gasteiger partial charge in [0.2, 0.25) is 5.95 Å². The van der Waals surface area contributed by atoms with Crippen LogP contribution in [0.2, 0.25) is 10.0 Å². The number of hydrogen-bond acceptors (Lipinski definition) is 6. The summed E-state index contributed by atoms with van der Waals surface area (Å²) in [6, 6.07) is 10.3. The largest absolute Gasteiger partial charge is 0.318 e. The molecule has 0 bridgehead atoms. The molecular weight excluding hydrogens is 420 g/mol. The quantitative estimate of drug-likeness (QED) is 0.444. The third-order valence-corrected chi connectivity index (χ3v) is 5.20. The van der Waals surface area contributed by atoms with E-state index in [9.17, 15) is 9.18 Å². The first-order chi connectivity index (χ1) is 14.0. The third-order valence-electron chi connectivity index (χ3n) is 4.65. The fourth-order valence-electron chi connectivity index (χ4n) is 3.41. The van der Waals surface area contributed by atoms with Gasteiger partial charge in [0.15, 0.2) is 0 Å². The van der Waals surface area contributed by atoms with Gasteiger partial charge in [-0.25, -0.2) is 9.49 Å². The molecule has 5 rings (SSSR count). The van der Waals surface area contributed by atoms with Gasteiger partial charge >= 0.3 is 0 Å². The molecule has 0 radical (unpaired) electrons. The monoisotopic (exact) mass is 429 g/mol. The van der Waals surface area contributed by atoms with Gasteiger partial charge in [-0.05, 0) is 34.7 Å². The first-order valence-corrected chi connectivity index (χ1v) is 9.17. The summed E-state index contributed by atoms with van der Waals surface area (Å²) in [6.07, 6.45) is 0. The van der Waals surface area contributed by atoms with Crippen LogP contribution >= 0.6 is 23.2 Å². The highest BCUT2D eigenvalue weighted by molar-refractivity contribution is 6.36. The first kappa shape index (κ1) is 17.8. The minimum absolute atomic E-state index is 0.163. The number of hydrogen-bond donors (Lipinski definition) is 2. The van der Waals surface area contributed by atoms with Crippen LogP contribution in [0.15, 0.2) is 47.3 Å². The number of aromatic nitrogens is 6. The van der Waals surface area contributed by atoms with E-state index in [1.165, 1.54) is 10.7 Å². The van der Waals surface area contributed by atoms with E-state index in [2.05, 4.69) is 31.0 Å². The van der Waals surface area contributed by atoms with Crippen molar-refractivity contribution < 1.29 is 4.39 Å². The van der Waals surface area contributed by atoms with Crippen LogP contribution in [-0.2, 0) is 0 Å². The second-order valence-corrected chi connectivity index (χ2v) is 7.15. The summed E-state index contributed by atoms with van der Waals surface area (Å²) < 4.78 is 16.2. The smallest absolute Gasteiger partial charge is 0.288 e. The predicted molar refractivity (Wildman–Crippen MR) is 105 cm³/mol. The zero-order chi connectivity index (χ0) is 20.1. The Labute approximate surface area is 172 Å². The van der Waals surface area contributed by atoms with E-state index >= 15 is 0 Å². The molecule has 11 heteroatoms. The van der Waals surface area contributed by atoms with Crippen molar-refractivity contribution in [2.75, 3.05) is 5.32 Å². The number of aromatic amines is 1. The topological polar surface area (TPSA) is 101 Å². The summed E-state index contributed by atoms with van der Waals surface area (Å²) in [6.45, 7) is 0. The minimum Gasteiger partial charge on any atom is -0.318 e. The van der Waals surface area contributed by atoms with Crippen molar-refractivity contribution in [3.8, 4) is 11.3 Å². The van der Waals surface area contributed by atoms with Gasteiger partial charge < -0.3 is 5.32 Å². The van der Waals surface area contributed by atoms with Crippen LogP contribution in [0.1, 0.15) is 17.2 Å². The first-order valence-electron chi connectivity index (χ1n) is 8.42. The van der Waals surface area contributed by atoms with Crippen LogP contribution in [-0.4, -0.2) is 30.4 Å². The molecule has 0 amide bonds. The summed E-state index contributed by atoms with van der Waals surface area (Å²) in [7, 11) is 0. The highest BCUT2D eigenvalue weighted by atomic mass is 35.5. The molecule has 0 spiro atoms. The molecule has 2 aromatic carbocycles. The lowest BCUT2D eigenvalue weighted by molar-refractivity contribution is 0.527. The Balaban J connectivity index is 1.86. The molecular formula is C18H10Cl2FN7O. The Morgan fingerprint density at radius 1 is 1.14 bits per heavy atom. The van der Waals surface area contributed by atoms with Crippen LogP contribution in [0.5, 0.6) is 0 Å². The summed E-state index contributed by atoms with van der Waals surface area (Å²) in [5.41, 5.74) is 1.21. The van der Waals surface area contributed by atoms with Gasteiger partial charge in [-0.1, -0.05) is 46.5 Å². The van der Waals surface area contributed by atoms with Crippen molar-refractivity contribution in [1.82, 2.24) is 30.4 Å². The molecule has 0 fully saturated rings. The molecule has 4 aromatic rings. The SMILES string of the molecule is O=c1[nH]nc(-c2ccc(Cl)cc2Cl)c2c1Nc1nnnn1[C@@H]2c1ccccc1F. The Morgan fingerprint density at radius 2 is 1.97 bits per heavy atom. The Hall–Kier alpha value is -3.30. The standard InChI is InChI=1S/C18H10Cl2FN7O/c19-8-5-6-9(11(20)7-8)14-13-15(17(29)24-23-14)22-18-25-26-27-28(18)16(13)10-3-1-2-4-12(10)21/h1-7,16H,(H,24,29)(H,22,25,27)/t16-/m1/s1. The molecule has 0 aliphatic carbocycles. The normalized spacial score (nSPS) is 14.8. The molecule has 0 unspecified atom stereocenters. The summed E-state index contributed by atoms with van der Waals surface area (Å²) >= 11 is 12.4. The third kappa shape index (κ3) is 2.78. The molecule has 144 valence electrons. The predicted octanol–water partition coefficient (Wildman–Crippen LogP) is 3.56. The van der Waals surface area contributed by atoms with Gasteiger partial charge in [0.05, 0.1) is 5.02 Å². The van der Waals surface area contributed by atoms with E-state index in [4.69, 9.17) is 23.2 Å². The van der Waals surface area contributed by atoms with E-state index < -0.39 is 17.4 Å². The molecule has 2 N–H and O–H groups in total. The van der Waals surface area contributed by atoms with Crippen LogP contribution < -0.4 is 10.9 Å². The number of H-pyrrole nitrogens is 1. The zero-order valence-electron chi connectivity index (χ0n) is 14.4. The molecule has 0 saturated heterocycles. The fourth-order valence-corrected chi connectivity index (χ4v) is 3.91.